The third-order valence-corrected chi connectivity index (χ3v) is 5.39. The molecule has 33 heavy (non-hydrogen) atoms. The molecule has 0 aliphatic rings. The molecule has 3 aromatic carbocycles. The van der Waals surface area contributed by atoms with Crippen LogP contribution in [-0.2, 0) is 0 Å². The van der Waals surface area contributed by atoms with Crippen LogP contribution in [0.1, 0.15) is 38.8 Å². The van der Waals surface area contributed by atoms with E-state index in [1.54, 1.807) is 59.5 Å². The molecule has 3 N–H and O–H groups in total. The number of carbonyl (C=O) groups excluding carboxylic acids is 2. The van der Waals surface area contributed by atoms with Gasteiger partial charge in [0, 0.05) is 35.4 Å². The predicted molar refractivity (Wildman–Crippen MR) is 135 cm³/mol. The maximum absolute atomic E-state index is 12.9. The van der Waals surface area contributed by atoms with Crippen molar-refractivity contribution in [3.63, 3.8) is 0 Å². The maximum Gasteiger partial charge on any atom is 0.257 e. The number of nitrogens with zero attached hydrogens (tertiary/aromatic N) is 1. The minimum Gasteiger partial charge on any atom is -0.360 e. The first-order chi connectivity index (χ1) is 15.8. The minimum absolute atomic E-state index is 0.242. The van der Waals surface area contributed by atoms with Gasteiger partial charge < -0.3 is 15.5 Å². The molecule has 3 rings (SSSR count). The van der Waals surface area contributed by atoms with Gasteiger partial charge in [0.05, 0.1) is 11.3 Å². The smallest absolute Gasteiger partial charge is 0.257 e. The third kappa shape index (κ3) is 5.87. The summed E-state index contributed by atoms with van der Waals surface area (Å²) < 4.78 is 0. The Morgan fingerprint density at radius 1 is 0.970 bits per heavy atom. The minimum atomic E-state index is -0.398. The van der Waals surface area contributed by atoms with Gasteiger partial charge >= 0.3 is 0 Å². The fraction of sp³-hybridized carbons (Fsp3) is 0.115. The lowest BCUT2D eigenvalue weighted by molar-refractivity contribution is 0.102. The van der Waals surface area contributed by atoms with E-state index in [2.05, 4.69) is 17.2 Å². The van der Waals surface area contributed by atoms with E-state index in [-0.39, 0.29) is 11.5 Å². The second-order valence-electron chi connectivity index (χ2n) is 7.36. The van der Waals surface area contributed by atoms with Gasteiger partial charge in [0.2, 0.25) is 0 Å². The second kappa shape index (κ2) is 10.6. The van der Waals surface area contributed by atoms with Crippen LogP contribution in [0.2, 0.25) is 5.02 Å². The number of amides is 2. The summed E-state index contributed by atoms with van der Waals surface area (Å²) in [6, 6.07) is 18.7. The van der Waals surface area contributed by atoms with Gasteiger partial charge in [0.1, 0.15) is 5.84 Å². The topological polar surface area (TPSA) is 85.3 Å². The molecule has 0 heterocycles. The average molecular weight is 461 g/mol. The van der Waals surface area contributed by atoms with Gasteiger partial charge in [-0.25, -0.2) is 0 Å². The van der Waals surface area contributed by atoms with E-state index in [0.717, 1.165) is 5.56 Å². The average Bonchev–Trinajstić information content (AvgIpc) is 2.84. The van der Waals surface area contributed by atoms with Crippen molar-refractivity contribution in [2.45, 2.75) is 6.92 Å². The number of anilines is 2. The maximum atomic E-state index is 12.9. The first kappa shape index (κ1) is 23.8. The standard InChI is InChI=1S/C26H25ClN4O2/c1-4-17-6-13-21(14-7-17)29-26(33)22-16-20(27)12-15-23(22)30-25(32)19-10-8-18(9-11-19)24(28)31(3)5-2/h4,6-16,28H,1,5H2,2-3H3,(H,29,33)(H,30,32). The normalized spacial score (nSPS) is 10.3. The van der Waals surface area contributed by atoms with Crippen LogP contribution in [0, 0.1) is 5.41 Å². The van der Waals surface area contributed by atoms with Crippen molar-refractivity contribution < 1.29 is 9.59 Å². The molecule has 0 saturated heterocycles. The van der Waals surface area contributed by atoms with Crippen molar-refractivity contribution in [2.24, 2.45) is 0 Å². The number of hydrogen-bond acceptors (Lipinski definition) is 3. The molecule has 0 aromatic heterocycles. The van der Waals surface area contributed by atoms with Crippen LogP contribution in [0.25, 0.3) is 6.08 Å². The van der Waals surface area contributed by atoms with Gasteiger partial charge in [-0.1, -0.05) is 48.5 Å². The highest BCUT2D eigenvalue weighted by Gasteiger charge is 2.16. The van der Waals surface area contributed by atoms with E-state index in [1.165, 1.54) is 6.07 Å². The monoisotopic (exact) mass is 460 g/mol. The molecule has 3 aromatic rings. The lowest BCUT2D eigenvalue weighted by atomic mass is 10.1. The Morgan fingerprint density at radius 3 is 2.21 bits per heavy atom. The predicted octanol–water partition coefficient (Wildman–Crippen LogP) is 5.76. The van der Waals surface area contributed by atoms with Crippen LogP contribution in [0.3, 0.4) is 0 Å². The van der Waals surface area contributed by atoms with Crippen molar-refractivity contribution in [1.82, 2.24) is 4.90 Å². The first-order valence-electron chi connectivity index (χ1n) is 10.4. The SMILES string of the molecule is C=Cc1ccc(NC(=O)c2cc(Cl)ccc2NC(=O)c2ccc(C(=N)N(C)CC)cc2)cc1. The molecule has 168 valence electrons. The molecule has 0 unspecified atom stereocenters. The number of rotatable bonds is 7. The summed E-state index contributed by atoms with van der Waals surface area (Å²) in [5.41, 5.74) is 3.25. The molecular weight excluding hydrogens is 436 g/mol. The van der Waals surface area contributed by atoms with E-state index in [0.29, 0.717) is 39.9 Å². The highest BCUT2D eigenvalue weighted by atomic mass is 35.5. The Hall–Kier alpha value is -3.90. The van der Waals surface area contributed by atoms with Crippen LogP contribution in [0.4, 0.5) is 11.4 Å². The van der Waals surface area contributed by atoms with Gasteiger partial charge in [-0.2, -0.15) is 0 Å². The fourth-order valence-electron chi connectivity index (χ4n) is 3.07. The van der Waals surface area contributed by atoms with Crippen LogP contribution >= 0.6 is 11.6 Å². The molecule has 0 spiro atoms. The first-order valence-corrected chi connectivity index (χ1v) is 10.7. The summed E-state index contributed by atoms with van der Waals surface area (Å²) >= 11 is 6.11. The quantitative estimate of drug-likeness (QED) is 0.309. The van der Waals surface area contributed by atoms with Crippen molar-refractivity contribution >= 4 is 46.7 Å². The van der Waals surface area contributed by atoms with Gasteiger partial charge in [-0.15, -0.1) is 0 Å². The molecule has 6 nitrogen and oxygen atoms in total. The number of nitrogens with one attached hydrogen (secondary N) is 3. The van der Waals surface area contributed by atoms with Crippen LogP contribution < -0.4 is 10.6 Å². The van der Waals surface area contributed by atoms with E-state index < -0.39 is 5.91 Å². The Bertz CT molecular complexity index is 1190. The van der Waals surface area contributed by atoms with Gasteiger partial charge in [-0.05, 0) is 55.0 Å². The number of carbonyl (C=O) groups is 2. The van der Waals surface area contributed by atoms with Crippen molar-refractivity contribution in [3.05, 3.63) is 101 Å². The number of halogens is 1. The highest BCUT2D eigenvalue weighted by Crippen LogP contribution is 2.23. The summed E-state index contributed by atoms with van der Waals surface area (Å²) in [4.78, 5) is 27.5. The van der Waals surface area contributed by atoms with Gasteiger partial charge in [-0.3, -0.25) is 15.0 Å². The van der Waals surface area contributed by atoms with Crippen molar-refractivity contribution in [3.8, 4) is 0 Å². The molecule has 0 saturated carbocycles. The molecule has 0 radical (unpaired) electrons. The number of hydrogen-bond donors (Lipinski definition) is 3. The van der Waals surface area contributed by atoms with E-state index in [1.807, 2.05) is 26.1 Å². The van der Waals surface area contributed by atoms with E-state index in [4.69, 9.17) is 17.0 Å². The Kier molecular flexibility index (Phi) is 7.64. The largest absolute Gasteiger partial charge is 0.360 e. The Morgan fingerprint density at radius 2 is 1.61 bits per heavy atom. The molecule has 2 amide bonds. The van der Waals surface area contributed by atoms with E-state index >= 15 is 0 Å². The lowest BCUT2D eigenvalue weighted by Gasteiger charge is -2.17. The molecule has 0 fully saturated rings. The van der Waals surface area contributed by atoms with Gasteiger partial charge in [0.15, 0.2) is 0 Å². The summed E-state index contributed by atoms with van der Waals surface area (Å²) in [5, 5.41) is 14.1. The Labute approximate surface area is 198 Å². The van der Waals surface area contributed by atoms with Crippen molar-refractivity contribution in [2.75, 3.05) is 24.2 Å². The van der Waals surface area contributed by atoms with Crippen LogP contribution in [0.15, 0.2) is 73.3 Å². The summed E-state index contributed by atoms with van der Waals surface area (Å²) in [7, 11) is 1.84. The molecule has 0 aliphatic heterocycles. The zero-order valence-electron chi connectivity index (χ0n) is 18.5. The van der Waals surface area contributed by atoms with Crippen LogP contribution in [0.5, 0.6) is 0 Å². The fourth-order valence-corrected chi connectivity index (χ4v) is 3.24. The molecule has 0 aliphatic carbocycles. The Balaban J connectivity index is 1.78. The number of amidine groups is 1. The third-order valence-electron chi connectivity index (χ3n) is 5.16. The van der Waals surface area contributed by atoms with Crippen molar-refractivity contribution in [1.29, 1.82) is 5.41 Å². The zero-order chi connectivity index (χ0) is 24.0. The lowest BCUT2D eigenvalue weighted by Crippen LogP contribution is -2.26. The molecule has 0 atom stereocenters. The van der Waals surface area contributed by atoms with Crippen LogP contribution in [-0.4, -0.2) is 36.1 Å². The number of benzene rings is 3. The molecular formula is C26H25ClN4O2. The van der Waals surface area contributed by atoms with E-state index in [9.17, 15) is 9.59 Å². The summed E-state index contributed by atoms with van der Waals surface area (Å²) in [6.07, 6.45) is 1.72. The molecule has 7 heteroatoms. The summed E-state index contributed by atoms with van der Waals surface area (Å²) in [6.45, 7) is 6.39. The van der Waals surface area contributed by atoms with Gasteiger partial charge in [0.25, 0.3) is 11.8 Å². The molecule has 0 bridgehead atoms. The highest BCUT2D eigenvalue weighted by molar-refractivity contribution is 6.31. The zero-order valence-corrected chi connectivity index (χ0v) is 19.2. The summed E-state index contributed by atoms with van der Waals surface area (Å²) in [5.74, 6) is -0.392. The second-order valence-corrected chi connectivity index (χ2v) is 7.80.